The molecule has 0 amide bonds. The van der Waals surface area contributed by atoms with Crippen molar-refractivity contribution in [3.05, 3.63) is 65.5 Å². The fourth-order valence-corrected chi connectivity index (χ4v) is 3.74. The monoisotopic (exact) mass is 375 g/mol. The van der Waals surface area contributed by atoms with Crippen molar-refractivity contribution in [2.45, 2.75) is 11.3 Å². The van der Waals surface area contributed by atoms with E-state index < -0.39 is 0 Å². The van der Waals surface area contributed by atoms with Gasteiger partial charge < -0.3 is 15.2 Å². The molecule has 0 spiro atoms. The fourth-order valence-electron chi connectivity index (χ4n) is 2.74. The molecule has 27 heavy (non-hydrogen) atoms. The highest BCUT2D eigenvalue weighted by atomic mass is 32.2. The van der Waals surface area contributed by atoms with Gasteiger partial charge in [-0.05, 0) is 18.2 Å². The number of para-hydroxylation sites is 1. The SMILES string of the molecule is Cn1cnc(CCNc2nccc(/C(C#N)=C3/Nc4ccccc4S3)n2)c1. The van der Waals surface area contributed by atoms with Gasteiger partial charge in [-0.1, -0.05) is 23.9 Å². The van der Waals surface area contributed by atoms with E-state index in [1.807, 2.05) is 42.1 Å². The van der Waals surface area contributed by atoms with Gasteiger partial charge in [0.15, 0.2) is 0 Å². The summed E-state index contributed by atoms with van der Waals surface area (Å²) in [6.07, 6.45) is 6.20. The highest BCUT2D eigenvalue weighted by molar-refractivity contribution is 8.04. The topological polar surface area (TPSA) is 91.5 Å². The number of hydrogen-bond acceptors (Lipinski definition) is 7. The van der Waals surface area contributed by atoms with E-state index in [1.165, 1.54) is 0 Å². The van der Waals surface area contributed by atoms with Gasteiger partial charge in [-0.2, -0.15) is 5.26 Å². The lowest BCUT2D eigenvalue weighted by molar-refractivity contribution is 0.909. The summed E-state index contributed by atoms with van der Waals surface area (Å²) in [6, 6.07) is 12.0. The Hall–Kier alpha value is -3.31. The highest BCUT2D eigenvalue weighted by Crippen LogP contribution is 2.43. The van der Waals surface area contributed by atoms with Crippen LogP contribution in [0.25, 0.3) is 5.57 Å². The van der Waals surface area contributed by atoms with Crippen molar-refractivity contribution in [3.63, 3.8) is 0 Å². The zero-order valence-electron chi connectivity index (χ0n) is 14.7. The van der Waals surface area contributed by atoms with Crippen LogP contribution in [0.4, 0.5) is 11.6 Å². The van der Waals surface area contributed by atoms with Crippen molar-refractivity contribution in [2.24, 2.45) is 7.05 Å². The molecule has 0 fully saturated rings. The number of rotatable bonds is 5. The minimum Gasteiger partial charge on any atom is -0.354 e. The molecule has 0 saturated carbocycles. The van der Waals surface area contributed by atoms with Crippen molar-refractivity contribution in [1.29, 1.82) is 5.26 Å². The Morgan fingerprint density at radius 2 is 2.19 bits per heavy atom. The number of nitrogens with one attached hydrogen (secondary N) is 2. The first kappa shape index (κ1) is 17.1. The second-order valence-corrected chi connectivity index (χ2v) is 7.06. The van der Waals surface area contributed by atoms with Gasteiger partial charge in [-0.3, -0.25) is 0 Å². The van der Waals surface area contributed by atoms with Crippen LogP contribution < -0.4 is 10.6 Å². The summed E-state index contributed by atoms with van der Waals surface area (Å²) < 4.78 is 1.92. The first-order valence-electron chi connectivity index (χ1n) is 8.45. The van der Waals surface area contributed by atoms with E-state index in [4.69, 9.17) is 0 Å². The molecule has 0 atom stereocenters. The number of aryl methyl sites for hydroxylation is 1. The largest absolute Gasteiger partial charge is 0.354 e. The molecule has 2 aromatic heterocycles. The number of nitriles is 1. The van der Waals surface area contributed by atoms with Crippen LogP contribution >= 0.6 is 11.8 Å². The summed E-state index contributed by atoms with van der Waals surface area (Å²) in [4.78, 5) is 14.2. The van der Waals surface area contributed by atoms with Gasteiger partial charge in [0.2, 0.25) is 5.95 Å². The molecule has 8 heteroatoms. The van der Waals surface area contributed by atoms with E-state index in [1.54, 1.807) is 30.4 Å². The molecule has 0 aliphatic carbocycles. The number of anilines is 2. The number of hydrogen-bond donors (Lipinski definition) is 2. The van der Waals surface area contributed by atoms with Gasteiger partial charge in [-0.25, -0.2) is 15.0 Å². The van der Waals surface area contributed by atoms with Crippen LogP contribution in [-0.2, 0) is 13.5 Å². The smallest absolute Gasteiger partial charge is 0.223 e. The Morgan fingerprint density at radius 1 is 1.30 bits per heavy atom. The van der Waals surface area contributed by atoms with Crippen molar-refractivity contribution >= 4 is 29.0 Å². The third-order valence-corrected chi connectivity index (χ3v) is 5.11. The van der Waals surface area contributed by atoms with E-state index in [-0.39, 0.29) is 0 Å². The maximum absolute atomic E-state index is 9.68. The minimum absolute atomic E-state index is 0.497. The van der Waals surface area contributed by atoms with Crippen LogP contribution in [0.15, 0.2) is 59.0 Å². The Balaban J connectivity index is 1.49. The summed E-state index contributed by atoms with van der Waals surface area (Å²) in [5, 5.41) is 17.0. The average Bonchev–Trinajstić information content (AvgIpc) is 3.29. The van der Waals surface area contributed by atoms with Crippen LogP contribution in [0.5, 0.6) is 0 Å². The first-order valence-corrected chi connectivity index (χ1v) is 9.27. The standard InChI is InChI=1S/C19H17N7S/c1-26-11-13(23-12-26)6-8-21-19-22-9-7-15(25-19)14(10-20)18-24-16-4-2-3-5-17(16)27-18/h2-5,7,9,11-12,24H,6,8H2,1H3,(H,21,22,25)/b18-14-. The lowest BCUT2D eigenvalue weighted by atomic mass is 10.2. The van der Waals surface area contributed by atoms with Crippen molar-refractivity contribution in [2.75, 3.05) is 17.2 Å². The lowest BCUT2D eigenvalue weighted by Crippen LogP contribution is -2.09. The summed E-state index contributed by atoms with van der Waals surface area (Å²) >= 11 is 1.54. The summed E-state index contributed by atoms with van der Waals surface area (Å²) in [5.74, 6) is 0.497. The van der Waals surface area contributed by atoms with E-state index in [2.05, 4.69) is 31.7 Å². The molecule has 4 rings (SSSR count). The van der Waals surface area contributed by atoms with Crippen molar-refractivity contribution in [1.82, 2.24) is 19.5 Å². The molecule has 1 aliphatic rings. The predicted octanol–water partition coefficient (Wildman–Crippen LogP) is 3.27. The molecular formula is C19H17N7S. The van der Waals surface area contributed by atoms with Gasteiger partial charge in [0.05, 0.1) is 28.4 Å². The van der Waals surface area contributed by atoms with Crippen LogP contribution in [0.2, 0.25) is 0 Å². The second-order valence-electron chi connectivity index (χ2n) is 6.01. The number of fused-ring (bicyclic) bond motifs is 1. The molecule has 7 nitrogen and oxygen atoms in total. The van der Waals surface area contributed by atoms with E-state index in [0.717, 1.165) is 27.7 Å². The number of nitrogens with zero attached hydrogens (tertiary/aromatic N) is 5. The predicted molar refractivity (Wildman–Crippen MR) is 106 cm³/mol. The van der Waals surface area contributed by atoms with Gasteiger partial charge in [0, 0.05) is 37.3 Å². The van der Waals surface area contributed by atoms with Crippen LogP contribution in [0.3, 0.4) is 0 Å². The summed E-state index contributed by atoms with van der Waals surface area (Å²) in [7, 11) is 1.95. The summed E-state index contributed by atoms with van der Waals surface area (Å²) in [5.41, 5.74) is 3.11. The van der Waals surface area contributed by atoms with Crippen molar-refractivity contribution < 1.29 is 0 Å². The number of aromatic nitrogens is 4. The van der Waals surface area contributed by atoms with Gasteiger partial charge in [-0.15, -0.1) is 0 Å². The molecular weight excluding hydrogens is 358 g/mol. The molecule has 1 aliphatic heterocycles. The Morgan fingerprint density at radius 3 is 2.96 bits per heavy atom. The van der Waals surface area contributed by atoms with Crippen LogP contribution in [0.1, 0.15) is 11.4 Å². The number of thioether (sulfide) groups is 1. The van der Waals surface area contributed by atoms with E-state index in [9.17, 15) is 5.26 Å². The highest BCUT2D eigenvalue weighted by Gasteiger charge is 2.20. The quantitative estimate of drug-likeness (QED) is 0.661. The van der Waals surface area contributed by atoms with E-state index >= 15 is 0 Å². The fraction of sp³-hybridized carbons (Fsp3) is 0.158. The lowest BCUT2D eigenvalue weighted by Gasteiger charge is -2.07. The molecule has 3 heterocycles. The molecule has 0 saturated heterocycles. The third-order valence-electron chi connectivity index (χ3n) is 4.02. The molecule has 0 unspecified atom stereocenters. The normalized spacial score (nSPS) is 14.2. The minimum atomic E-state index is 0.497. The maximum Gasteiger partial charge on any atom is 0.223 e. The molecule has 0 radical (unpaired) electrons. The maximum atomic E-state index is 9.68. The average molecular weight is 375 g/mol. The molecule has 134 valence electrons. The Bertz CT molecular complexity index is 1020. The Kier molecular flexibility index (Phi) is 4.77. The number of imidazole rings is 1. The molecule has 3 aromatic rings. The van der Waals surface area contributed by atoms with Gasteiger partial charge in [0.25, 0.3) is 0 Å². The number of allylic oxidation sites excluding steroid dienone is 1. The first-order chi connectivity index (χ1) is 13.2. The Labute approximate surface area is 161 Å². The second kappa shape index (κ2) is 7.51. The van der Waals surface area contributed by atoms with Crippen LogP contribution in [-0.4, -0.2) is 26.1 Å². The van der Waals surface area contributed by atoms with Gasteiger partial charge in [0.1, 0.15) is 11.6 Å². The third kappa shape index (κ3) is 3.78. The zero-order chi connectivity index (χ0) is 18.6. The number of benzene rings is 1. The molecule has 2 N–H and O–H groups in total. The van der Waals surface area contributed by atoms with Crippen molar-refractivity contribution in [3.8, 4) is 6.07 Å². The van der Waals surface area contributed by atoms with E-state index in [0.29, 0.717) is 23.8 Å². The van der Waals surface area contributed by atoms with Gasteiger partial charge >= 0.3 is 0 Å². The summed E-state index contributed by atoms with van der Waals surface area (Å²) in [6.45, 7) is 0.664. The zero-order valence-corrected chi connectivity index (χ0v) is 15.5. The van der Waals surface area contributed by atoms with Crippen LogP contribution in [0, 0.1) is 11.3 Å². The molecule has 0 bridgehead atoms. The molecule has 1 aromatic carbocycles.